The van der Waals surface area contributed by atoms with Crippen molar-refractivity contribution in [2.45, 2.75) is 47.1 Å². The molecule has 1 atom stereocenters. The van der Waals surface area contributed by atoms with Gasteiger partial charge in [0.05, 0.1) is 0 Å². The summed E-state index contributed by atoms with van der Waals surface area (Å²) >= 11 is 0. The van der Waals surface area contributed by atoms with E-state index in [-0.39, 0.29) is 17.9 Å². The van der Waals surface area contributed by atoms with Crippen LogP contribution in [0.2, 0.25) is 0 Å². The number of anilines is 1. The maximum atomic E-state index is 13.1. The summed E-state index contributed by atoms with van der Waals surface area (Å²) in [5, 5.41) is 0. The number of fused-ring (bicyclic) bond motifs is 1. The molecule has 4 nitrogen and oxygen atoms in total. The van der Waals surface area contributed by atoms with Crippen LogP contribution in [0.5, 0.6) is 0 Å². The molecular weight excluding hydrogens is 276 g/mol. The minimum absolute atomic E-state index is 0.0914. The molecule has 0 saturated carbocycles. The van der Waals surface area contributed by atoms with Gasteiger partial charge in [-0.1, -0.05) is 18.2 Å². The molecule has 1 aromatic rings. The predicted octanol–water partition coefficient (Wildman–Crippen LogP) is 2.86. The van der Waals surface area contributed by atoms with Gasteiger partial charge in [-0.25, -0.2) is 0 Å². The highest BCUT2D eigenvalue weighted by Gasteiger charge is 2.44. The van der Waals surface area contributed by atoms with Gasteiger partial charge in [0.25, 0.3) is 0 Å². The summed E-state index contributed by atoms with van der Waals surface area (Å²) in [5.41, 5.74) is 1.08. The molecule has 1 heterocycles. The van der Waals surface area contributed by atoms with E-state index in [4.69, 9.17) is 0 Å². The first-order valence-electron chi connectivity index (χ1n) is 8.05. The third-order valence-corrected chi connectivity index (χ3v) is 4.55. The third-order valence-electron chi connectivity index (χ3n) is 4.55. The molecule has 2 rings (SSSR count). The van der Waals surface area contributed by atoms with E-state index in [0.29, 0.717) is 13.1 Å². The van der Waals surface area contributed by atoms with Crippen molar-refractivity contribution in [1.82, 2.24) is 4.90 Å². The summed E-state index contributed by atoms with van der Waals surface area (Å²) < 4.78 is 0. The number of nitrogens with zero attached hydrogens (tertiary/aromatic N) is 2. The molecule has 4 heteroatoms. The lowest BCUT2D eigenvalue weighted by atomic mass is 9.89. The number of hydrogen-bond acceptors (Lipinski definition) is 2. The second kappa shape index (κ2) is 6.11. The van der Waals surface area contributed by atoms with E-state index >= 15 is 0 Å². The number of hydrogen-bond donors (Lipinski definition) is 0. The molecule has 0 spiro atoms. The molecule has 120 valence electrons. The lowest BCUT2D eigenvalue weighted by Crippen LogP contribution is -2.52. The number of benzene rings is 1. The summed E-state index contributed by atoms with van der Waals surface area (Å²) in [6.07, 6.45) is 0.845. The fourth-order valence-electron chi connectivity index (χ4n) is 3.17. The van der Waals surface area contributed by atoms with Gasteiger partial charge in [0.15, 0.2) is 0 Å². The summed E-state index contributed by atoms with van der Waals surface area (Å²) in [4.78, 5) is 29.3. The largest absolute Gasteiger partial charge is 0.342 e. The minimum Gasteiger partial charge on any atom is -0.342 e. The Balaban J connectivity index is 2.33. The van der Waals surface area contributed by atoms with Crippen LogP contribution in [0.3, 0.4) is 0 Å². The Bertz CT molecular complexity index is 576. The molecule has 1 aliphatic heterocycles. The quantitative estimate of drug-likeness (QED) is 0.802. The maximum absolute atomic E-state index is 13.1. The van der Waals surface area contributed by atoms with Crippen molar-refractivity contribution < 1.29 is 9.59 Å². The summed E-state index contributed by atoms with van der Waals surface area (Å²) in [6.45, 7) is 10.6. The van der Waals surface area contributed by atoms with E-state index in [1.54, 1.807) is 23.6 Å². The first-order valence-corrected chi connectivity index (χ1v) is 8.05. The van der Waals surface area contributed by atoms with Crippen molar-refractivity contribution in [3.05, 3.63) is 29.8 Å². The van der Waals surface area contributed by atoms with E-state index < -0.39 is 5.41 Å². The third kappa shape index (κ3) is 2.62. The number of carbonyl (C=O) groups excluding carboxylic acids is 2. The molecular formula is C18H26N2O2. The van der Waals surface area contributed by atoms with Crippen molar-refractivity contribution in [2.24, 2.45) is 5.41 Å². The van der Waals surface area contributed by atoms with Crippen molar-refractivity contribution >= 4 is 17.5 Å². The second-order valence-electron chi connectivity index (χ2n) is 6.46. The van der Waals surface area contributed by atoms with E-state index in [0.717, 1.165) is 12.1 Å². The normalized spacial score (nSPS) is 17.3. The smallest absolute Gasteiger partial charge is 0.242 e. The Hall–Kier alpha value is -1.84. The molecule has 0 aromatic heterocycles. The highest BCUT2D eigenvalue weighted by Crippen LogP contribution is 2.36. The van der Waals surface area contributed by atoms with Crippen LogP contribution in [-0.4, -0.2) is 35.8 Å². The molecule has 2 amide bonds. The fraction of sp³-hybridized carbons (Fsp3) is 0.556. The summed E-state index contributed by atoms with van der Waals surface area (Å²) in [5.74, 6) is -0.207. The van der Waals surface area contributed by atoms with Gasteiger partial charge in [-0.2, -0.15) is 0 Å². The van der Waals surface area contributed by atoms with Crippen LogP contribution < -0.4 is 4.90 Å². The molecule has 0 N–H and O–H groups in total. The van der Waals surface area contributed by atoms with E-state index in [1.165, 1.54) is 5.56 Å². The first kappa shape index (κ1) is 16.5. The monoisotopic (exact) mass is 302 g/mol. The van der Waals surface area contributed by atoms with Crippen LogP contribution in [0.15, 0.2) is 24.3 Å². The highest BCUT2D eigenvalue weighted by atomic mass is 16.2. The van der Waals surface area contributed by atoms with Gasteiger partial charge in [-0.05, 0) is 52.7 Å². The van der Waals surface area contributed by atoms with Crippen molar-refractivity contribution in [3.63, 3.8) is 0 Å². The zero-order valence-corrected chi connectivity index (χ0v) is 14.2. The number of para-hydroxylation sites is 1. The standard InChI is InChI=1S/C18H26N2O2/c1-6-19(7-2)16(21)18(4,5)17(22)20-13(3)12-14-10-8-9-11-15(14)20/h8-11,13H,6-7,12H2,1-5H3. The fourth-order valence-corrected chi connectivity index (χ4v) is 3.17. The lowest BCUT2D eigenvalue weighted by molar-refractivity contribution is -0.147. The average molecular weight is 302 g/mol. The van der Waals surface area contributed by atoms with Crippen LogP contribution >= 0.6 is 0 Å². The Morgan fingerprint density at radius 2 is 1.82 bits per heavy atom. The molecule has 1 aliphatic rings. The Morgan fingerprint density at radius 3 is 2.41 bits per heavy atom. The highest BCUT2D eigenvalue weighted by molar-refractivity contribution is 6.12. The minimum atomic E-state index is -1.04. The Kier molecular flexibility index (Phi) is 4.59. The molecule has 22 heavy (non-hydrogen) atoms. The molecule has 1 aromatic carbocycles. The van der Waals surface area contributed by atoms with Gasteiger partial charge in [-0.15, -0.1) is 0 Å². The molecule has 0 aliphatic carbocycles. The van der Waals surface area contributed by atoms with E-state index in [2.05, 4.69) is 6.07 Å². The molecule has 1 unspecified atom stereocenters. The first-order chi connectivity index (χ1) is 10.3. The van der Waals surface area contributed by atoms with Crippen molar-refractivity contribution in [3.8, 4) is 0 Å². The molecule has 0 radical (unpaired) electrons. The molecule has 0 bridgehead atoms. The van der Waals surface area contributed by atoms with Crippen LogP contribution in [0.4, 0.5) is 5.69 Å². The second-order valence-corrected chi connectivity index (χ2v) is 6.46. The van der Waals surface area contributed by atoms with Crippen LogP contribution in [0, 0.1) is 5.41 Å². The molecule has 0 fully saturated rings. The van der Waals surface area contributed by atoms with Crippen LogP contribution in [0.25, 0.3) is 0 Å². The van der Waals surface area contributed by atoms with Crippen LogP contribution in [-0.2, 0) is 16.0 Å². The summed E-state index contributed by atoms with van der Waals surface area (Å²) in [6, 6.07) is 8.04. The number of carbonyl (C=O) groups is 2. The van der Waals surface area contributed by atoms with Crippen molar-refractivity contribution in [2.75, 3.05) is 18.0 Å². The maximum Gasteiger partial charge on any atom is 0.242 e. The van der Waals surface area contributed by atoms with Crippen LogP contribution in [0.1, 0.15) is 40.2 Å². The SMILES string of the molecule is CCN(CC)C(=O)C(C)(C)C(=O)N1c2ccccc2CC1C. The van der Waals surface area contributed by atoms with Gasteiger partial charge in [-0.3, -0.25) is 9.59 Å². The van der Waals surface area contributed by atoms with E-state index in [9.17, 15) is 9.59 Å². The van der Waals surface area contributed by atoms with Crippen molar-refractivity contribution in [1.29, 1.82) is 0 Å². The molecule has 0 saturated heterocycles. The van der Waals surface area contributed by atoms with Gasteiger partial charge >= 0.3 is 0 Å². The lowest BCUT2D eigenvalue weighted by Gasteiger charge is -2.34. The van der Waals surface area contributed by atoms with Gasteiger partial charge in [0, 0.05) is 24.8 Å². The topological polar surface area (TPSA) is 40.6 Å². The Morgan fingerprint density at radius 1 is 1.23 bits per heavy atom. The number of amides is 2. The van der Waals surface area contributed by atoms with E-state index in [1.807, 2.05) is 39.0 Å². The van der Waals surface area contributed by atoms with Gasteiger partial charge in [0.2, 0.25) is 11.8 Å². The predicted molar refractivity (Wildman–Crippen MR) is 88.8 cm³/mol. The zero-order chi connectivity index (χ0) is 16.5. The Labute approximate surface area is 133 Å². The number of rotatable bonds is 4. The average Bonchev–Trinajstić information content (AvgIpc) is 2.83. The zero-order valence-electron chi connectivity index (χ0n) is 14.2. The summed E-state index contributed by atoms with van der Waals surface area (Å²) in [7, 11) is 0. The van der Waals surface area contributed by atoms with Gasteiger partial charge < -0.3 is 9.80 Å². The van der Waals surface area contributed by atoms with Gasteiger partial charge in [0.1, 0.15) is 5.41 Å².